The molecule has 0 unspecified atom stereocenters. The van der Waals surface area contributed by atoms with E-state index in [0.29, 0.717) is 5.96 Å². The Morgan fingerprint density at radius 3 is 2.76 bits per heavy atom. The van der Waals surface area contributed by atoms with Crippen molar-refractivity contribution in [1.82, 2.24) is 4.98 Å². The maximum Gasteiger partial charge on any atom is 0.220 e. The number of nitrogens with two attached hydrogens (primary N) is 2. The predicted octanol–water partition coefficient (Wildman–Crippen LogP) is 2.89. The summed E-state index contributed by atoms with van der Waals surface area (Å²) in [4.78, 5) is 15.5. The molecule has 1 fully saturated rings. The molecule has 1 aromatic heterocycles. The van der Waals surface area contributed by atoms with Crippen molar-refractivity contribution < 1.29 is 4.42 Å². The molecular formula is C18H24N6O. The second-order valence-corrected chi connectivity index (χ2v) is 6.83. The van der Waals surface area contributed by atoms with E-state index in [9.17, 15) is 0 Å². The Kier molecular flexibility index (Phi) is 3.86. The summed E-state index contributed by atoms with van der Waals surface area (Å²) in [5.41, 5.74) is 14.3. The van der Waals surface area contributed by atoms with E-state index in [4.69, 9.17) is 20.9 Å². The first kappa shape index (κ1) is 15.9. The van der Waals surface area contributed by atoms with Crippen molar-refractivity contribution >= 4 is 28.7 Å². The smallest absolute Gasteiger partial charge is 0.220 e. The Bertz CT molecular complexity index is 846. The molecule has 2 heterocycles. The highest BCUT2D eigenvalue weighted by Gasteiger charge is 2.42. The molecule has 2 aromatic rings. The Hall–Kier alpha value is -2.57. The van der Waals surface area contributed by atoms with Gasteiger partial charge >= 0.3 is 0 Å². The molecule has 4 rings (SSSR count). The van der Waals surface area contributed by atoms with Crippen LogP contribution in [0.1, 0.15) is 51.3 Å². The summed E-state index contributed by atoms with van der Waals surface area (Å²) in [6, 6.07) is 5.95. The van der Waals surface area contributed by atoms with E-state index >= 15 is 0 Å². The van der Waals surface area contributed by atoms with Crippen LogP contribution in [0.2, 0.25) is 0 Å². The lowest BCUT2D eigenvalue weighted by Gasteiger charge is -2.45. The van der Waals surface area contributed by atoms with E-state index in [1.165, 1.54) is 6.42 Å². The monoisotopic (exact) mass is 340 g/mol. The highest BCUT2D eigenvalue weighted by atomic mass is 16.3. The number of aryl methyl sites for hydroxylation is 1. The van der Waals surface area contributed by atoms with Gasteiger partial charge in [0.15, 0.2) is 11.5 Å². The van der Waals surface area contributed by atoms with Gasteiger partial charge in [0.25, 0.3) is 0 Å². The molecule has 0 saturated heterocycles. The van der Waals surface area contributed by atoms with Crippen LogP contribution >= 0.6 is 0 Å². The maximum atomic E-state index is 6.28. The number of nitrogens with zero attached hydrogens (tertiary/aromatic N) is 4. The number of guanidine groups is 2. The molecule has 1 aromatic carbocycles. The predicted molar refractivity (Wildman–Crippen MR) is 99.5 cm³/mol. The van der Waals surface area contributed by atoms with E-state index in [1.807, 2.05) is 23.1 Å². The summed E-state index contributed by atoms with van der Waals surface area (Å²) >= 11 is 0. The third-order valence-electron chi connectivity index (χ3n) is 4.99. The van der Waals surface area contributed by atoms with E-state index in [2.05, 4.69) is 16.9 Å². The topological polar surface area (TPSA) is 106 Å². The molecule has 0 radical (unpaired) electrons. The Balaban J connectivity index is 1.77. The fraction of sp³-hybridized carbons (Fsp3) is 0.500. The van der Waals surface area contributed by atoms with Crippen molar-refractivity contribution in [3.63, 3.8) is 0 Å². The SMILES string of the molecule is CCCc1nc2cc(N3C(N)=NC(N)=NC34CCCCC4)ccc2o1. The molecule has 25 heavy (non-hydrogen) atoms. The van der Waals surface area contributed by atoms with Gasteiger partial charge in [-0.1, -0.05) is 13.3 Å². The van der Waals surface area contributed by atoms with E-state index in [0.717, 1.165) is 61.2 Å². The second kappa shape index (κ2) is 6.06. The molecule has 2 aliphatic rings. The number of benzene rings is 1. The largest absolute Gasteiger partial charge is 0.441 e. The van der Waals surface area contributed by atoms with Crippen LogP contribution in [0.3, 0.4) is 0 Å². The van der Waals surface area contributed by atoms with Gasteiger partial charge in [0.2, 0.25) is 11.9 Å². The van der Waals surface area contributed by atoms with Crippen molar-refractivity contribution in [3.05, 3.63) is 24.1 Å². The average Bonchev–Trinajstić information content (AvgIpc) is 2.97. The highest BCUT2D eigenvalue weighted by Crippen LogP contribution is 2.40. The summed E-state index contributed by atoms with van der Waals surface area (Å²) in [6.07, 6.45) is 7.10. The first-order valence-electron chi connectivity index (χ1n) is 9.00. The number of aromatic nitrogens is 1. The van der Waals surface area contributed by atoms with Crippen LogP contribution in [0.25, 0.3) is 11.1 Å². The first-order chi connectivity index (χ1) is 12.1. The lowest BCUT2D eigenvalue weighted by atomic mass is 9.87. The fourth-order valence-corrected chi connectivity index (χ4v) is 3.92. The van der Waals surface area contributed by atoms with E-state index < -0.39 is 5.66 Å². The lowest BCUT2D eigenvalue weighted by molar-refractivity contribution is 0.305. The molecule has 4 N–H and O–H groups in total. The average molecular weight is 340 g/mol. The van der Waals surface area contributed by atoms with Gasteiger partial charge in [0, 0.05) is 12.1 Å². The number of hydrogen-bond acceptors (Lipinski definition) is 7. The van der Waals surface area contributed by atoms with Crippen LogP contribution in [-0.2, 0) is 6.42 Å². The normalized spacial score (nSPS) is 20.0. The molecule has 0 bridgehead atoms. The highest BCUT2D eigenvalue weighted by molar-refractivity contribution is 6.06. The van der Waals surface area contributed by atoms with E-state index in [-0.39, 0.29) is 5.96 Å². The zero-order valence-electron chi connectivity index (χ0n) is 14.5. The number of rotatable bonds is 3. The van der Waals surface area contributed by atoms with Crippen LogP contribution in [-0.4, -0.2) is 22.6 Å². The molecule has 132 valence electrons. The molecule has 0 atom stereocenters. The van der Waals surface area contributed by atoms with Gasteiger partial charge in [-0.2, -0.15) is 4.99 Å². The molecule has 7 nitrogen and oxygen atoms in total. The maximum absolute atomic E-state index is 6.28. The quantitative estimate of drug-likeness (QED) is 0.893. The second-order valence-electron chi connectivity index (χ2n) is 6.83. The van der Waals surface area contributed by atoms with Gasteiger partial charge in [-0.15, -0.1) is 0 Å². The zero-order valence-corrected chi connectivity index (χ0v) is 14.5. The fourth-order valence-electron chi connectivity index (χ4n) is 3.92. The number of aliphatic imine (C=N–C) groups is 2. The van der Waals surface area contributed by atoms with Gasteiger partial charge in [-0.05, 0) is 50.3 Å². The van der Waals surface area contributed by atoms with Crippen LogP contribution in [0.15, 0.2) is 32.6 Å². The van der Waals surface area contributed by atoms with Crippen molar-refractivity contribution in [2.45, 2.75) is 57.5 Å². The third-order valence-corrected chi connectivity index (χ3v) is 4.99. The summed E-state index contributed by atoms with van der Waals surface area (Å²) in [5.74, 6) is 1.43. The summed E-state index contributed by atoms with van der Waals surface area (Å²) < 4.78 is 5.79. The molecule has 1 spiro atoms. The Morgan fingerprint density at radius 2 is 2.00 bits per heavy atom. The van der Waals surface area contributed by atoms with Gasteiger partial charge in [-0.3, -0.25) is 4.90 Å². The molecule has 1 saturated carbocycles. The van der Waals surface area contributed by atoms with Gasteiger partial charge < -0.3 is 15.9 Å². The summed E-state index contributed by atoms with van der Waals surface area (Å²) in [6.45, 7) is 2.11. The number of anilines is 1. The lowest BCUT2D eigenvalue weighted by Crippen LogP contribution is -2.58. The van der Waals surface area contributed by atoms with Crippen molar-refractivity contribution in [2.24, 2.45) is 21.5 Å². The third kappa shape index (κ3) is 2.73. The van der Waals surface area contributed by atoms with Crippen LogP contribution in [0.4, 0.5) is 5.69 Å². The van der Waals surface area contributed by atoms with Crippen LogP contribution in [0, 0.1) is 0 Å². The van der Waals surface area contributed by atoms with Crippen molar-refractivity contribution in [3.8, 4) is 0 Å². The van der Waals surface area contributed by atoms with Crippen molar-refractivity contribution in [2.75, 3.05) is 4.90 Å². The molecule has 1 aliphatic carbocycles. The Labute approximate surface area is 146 Å². The molecular weight excluding hydrogens is 316 g/mol. The number of fused-ring (bicyclic) bond motifs is 1. The van der Waals surface area contributed by atoms with Gasteiger partial charge in [0.1, 0.15) is 11.2 Å². The minimum Gasteiger partial charge on any atom is -0.441 e. The minimum atomic E-state index is -0.433. The zero-order chi connectivity index (χ0) is 17.4. The van der Waals surface area contributed by atoms with Crippen molar-refractivity contribution in [1.29, 1.82) is 0 Å². The van der Waals surface area contributed by atoms with Gasteiger partial charge in [-0.25, -0.2) is 9.98 Å². The number of hydrogen-bond donors (Lipinski definition) is 2. The summed E-state index contributed by atoms with van der Waals surface area (Å²) in [7, 11) is 0. The van der Waals surface area contributed by atoms with E-state index in [1.54, 1.807) is 0 Å². The molecule has 0 amide bonds. The molecule has 7 heteroatoms. The minimum absolute atomic E-state index is 0.267. The standard InChI is InChI=1S/C18H24N6O/c1-2-6-15-21-13-11-12(7-8-14(13)25-15)24-17(20)22-16(19)23-18(24)9-4-3-5-10-18/h7-8,11H,2-6,9-10H2,1H3,(H4,19,20,22,23). The Morgan fingerprint density at radius 1 is 1.20 bits per heavy atom. The van der Waals surface area contributed by atoms with Gasteiger partial charge in [0.05, 0.1) is 0 Å². The molecule has 1 aliphatic heterocycles. The van der Waals surface area contributed by atoms with Crippen LogP contribution in [0.5, 0.6) is 0 Å². The first-order valence-corrected chi connectivity index (χ1v) is 9.00. The summed E-state index contributed by atoms with van der Waals surface area (Å²) in [5, 5.41) is 0. The van der Waals surface area contributed by atoms with Crippen LogP contribution < -0.4 is 16.4 Å². The number of oxazole rings is 1.